The van der Waals surface area contributed by atoms with Crippen molar-refractivity contribution in [2.24, 2.45) is 5.92 Å². The van der Waals surface area contributed by atoms with Gasteiger partial charge in [0.05, 0.1) is 11.7 Å². The molecule has 0 aromatic heterocycles. The van der Waals surface area contributed by atoms with E-state index in [0.717, 1.165) is 0 Å². The highest BCUT2D eigenvalue weighted by atomic mass is 16.3. The van der Waals surface area contributed by atoms with Gasteiger partial charge in [0.2, 0.25) is 0 Å². The lowest BCUT2D eigenvalue weighted by molar-refractivity contribution is -0.0484. The summed E-state index contributed by atoms with van der Waals surface area (Å²) >= 11 is 0. The van der Waals surface area contributed by atoms with Gasteiger partial charge in [0, 0.05) is 19.0 Å². The third kappa shape index (κ3) is 5.50. The summed E-state index contributed by atoms with van der Waals surface area (Å²) < 4.78 is 0. The fraction of sp³-hybridized carbons (Fsp3) is 1.00. The topological polar surface area (TPSA) is 52.5 Å². The molecule has 0 aliphatic carbocycles. The summed E-state index contributed by atoms with van der Waals surface area (Å²) in [4.78, 5) is 0. The SMILES string of the molecule is CC[C@@](O)(C[C@@H](O)CNC(C)C)C(C)C. The number of hydrogen-bond acceptors (Lipinski definition) is 3. The standard InChI is InChI=1S/C12H27NO2/c1-6-12(15,9(2)3)7-11(14)8-13-10(4)5/h9-11,13-15H,6-8H2,1-5H3/t11-,12-/m1/s1. The molecule has 0 aliphatic rings. The van der Waals surface area contributed by atoms with E-state index in [4.69, 9.17) is 0 Å². The number of nitrogens with one attached hydrogen (secondary N) is 1. The second-order valence-corrected chi connectivity index (χ2v) is 5.03. The van der Waals surface area contributed by atoms with Gasteiger partial charge in [0.1, 0.15) is 0 Å². The van der Waals surface area contributed by atoms with E-state index >= 15 is 0 Å². The molecule has 92 valence electrons. The van der Waals surface area contributed by atoms with Crippen LogP contribution in [-0.4, -0.2) is 34.5 Å². The first-order valence-electron chi connectivity index (χ1n) is 5.95. The number of aliphatic hydroxyl groups is 2. The van der Waals surface area contributed by atoms with Crippen LogP contribution < -0.4 is 5.32 Å². The van der Waals surface area contributed by atoms with Gasteiger partial charge in [-0.3, -0.25) is 0 Å². The minimum Gasteiger partial charge on any atom is -0.392 e. The highest BCUT2D eigenvalue weighted by Crippen LogP contribution is 2.26. The van der Waals surface area contributed by atoms with Crippen molar-refractivity contribution < 1.29 is 10.2 Å². The molecule has 0 fully saturated rings. The van der Waals surface area contributed by atoms with Crippen LogP contribution in [0.4, 0.5) is 0 Å². The van der Waals surface area contributed by atoms with Crippen molar-refractivity contribution in [3.63, 3.8) is 0 Å². The third-order valence-corrected chi connectivity index (χ3v) is 3.04. The molecule has 0 saturated carbocycles. The second kappa shape index (κ2) is 6.46. The van der Waals surface area contributed by atoms with Gasteiger partial charge < -0.3 is 15.5 Å². The zero-order valence-corrected chi connectivity index (χ0v) is 10.7. The van der Waals surface area contributed by atoms with Crippen LogP contribution in [0.3, 0.4) is 0 Å². The number of rotatable bonds is 7. The van der Waals surface area contributed by atoms with Crippen LogP contribution in [0.1, 0.15) is 47.5 Å². The first kappa shape index (κ1) is 14.9. The van der Waals surface area contributed by atoms with Crippen molar-refractivity contribution in [3.05, 3.63) is 0 Å². The van der Waals surface area contributed by atoms with E-state index in [9.17, 15) is 10.2 Å². The van der Waals surface area contributed by atoms with Crippen molar-refractivity contribution in [3.8, 4) is 0 Å². The van der Waals surface area contributed by atoms with E-state index in [1.165, 1.54) is 0 Å². The van der Waals surface area contributed by atoms with Gasteiger partial charge in [-0.25, -0.2) is 0 Å². The first-order valence-corrected chi connectivity index (χ1v) is 5.95. The van der Waals surface area contributed by atoms with Crippen LogP contribution in [0.25, 0.3) is 0 Å². The quantitative estimate of drug-likeness (QED) is 0.606. The maximum absolute atomic E-state index is 10.2. The van der Waals surface area contributed by atoms with Gasteiger partial charge in [0.25, 0.3) is 0 Å². The molecule has 3 nitrogen and oxygen atoms in total. The van der Waals surface area contributed by atoms with Crippen molar-refractivity contribution in [1.29, 1.82) is 0 Å². The summed E-state index contributed by atoms with van der Waals surface area (Å²) in [6.07, 6.45) is 0.657. The molecule has 0 radical (unpaired) electrons. The van der Waals surface area contributed by atoms with Gasteiger partial charge in [-0.1, -0.05) is 34.6 Å². The highest BCUT2D eigenvalue weighted by Gasteiger charge is 2.31. The van der Waals surface area contributed by atoms with E-state index in [-0.39, 0.29) is 5.92 Å². The lowest BCUT2D eigenvalue weighted by Gasteiger charge is -2.33. The Hall–Kier alpha value is -0.120. The monoisotopic (exact) mass is 217 g/mol. The number of hydrogen-bond donors (Lipinski definition) is 3. The molecule has 3 heteroatoms. The summed E-state index contributed by atoms with van der Waals surface area (Å²) in [5, 5.41) is 23.2. The first-order chi connectivity index (χ1) is 6.81. The average Bonchev–Trinajstić information content (AvgIpc) is 2.14. The molecule has 2 atom stereocenters. The van der Waals surface area contributed by atoms with Gasteiger partial charge in [-0.15, -0.1) is 0 Å². The molecule has 0 bridgehead atoms. The van der Waals surface area contributed by atoms with E-state index in [1.807, 2.05) is 34.6 Å². The van der Waals surface area contributed by atoms with Crippen LogP contribution in [0.15, 0.2) is 0 Å². The Labute approximate surface area is 93.9 Å². The highest BCUT2D eigenvalue weighted by molar-refractivity contribution is 4.84. The summed E-state index contributed by atoms with van der Waals surface area (Å²) in [5.41, 5.74) is -0.738. The molecule has 0 aliphatic heterocycles. The smallest absolute Gasteiger partial charge is 0.0693 e. The van der Waals surface area contributed by atoms with Crippen LogP contribution >= 0.6 is 0 Å². The third-order valence-electron chi connectivity index (χ3n) is 3.04. The van der Waals surface area contributed by atoms with Crippen molar-refractivity contribution >= 4 is 0 Å². The Kier molecular flexibility index (Phi) is 6.41. The fourth-order valence-electron chi connectivity index (χ4n) is 1.64. The van der Waals surface area contributed by atoms with E-state index in [2.05, 4.69) is 5.32 Å². The average molecular weight is 217 g/mol. The molecule has 3 N–H and O–H groups in total. The zero-order valence-electron chi connectivity index (χ0n) is 10.7. The molecule has 0 unspecified atom stereocenters. The molecule has 0 aromatic rings. The maximum Gasteiger partial charge on any atom is 0.0693 e. The van der Waals surface area contributed by atoms with Crippen LogP contribution in [0, 0.1) is 5.92 Å². The van der Waals surface area contributed by atoms with Crippen molar-refractivity contribution in [1.82, 2.24) is 5.32 Å². The van der Waals surface area contributed by atoms with E-state index in [0.29, 0.717) is 25.4 Å². The molecule has 0 saturated heterocycles. The second-order valence-electron chi connectivity index (χ2n) is 5.03. The van der Waals surface area contributed by atoms with Crippen LogP contribution in [0.2, 0.25) is 0 Å². The fourth-order valence-corrected chi connectivity index (χ4v) is 1.64. The molecule has 0 amide bonds. The van der Waals surface area contributed by atoms with Gasteiger partial charge in [0.15, 0.2) is 0 Å². The molecular formula is C12H27NO2. The minimum atomic E-state index is -0.738. The Balaban J connectivity index is 4.07. The Morgan fingerprint density at radius 3 is 2.07 bits per heavy atom. The van der Waals surface area contributed by atoms with Gasteiger partial charge in [-0.2, -0.15) is 0 Å². The Morgan fingerprint density at radius 1 is 1.20 bits per heavy atom. The summed E-state index contributed by atoms with van der Waals surface area (Å²) in [6, 6.07) is 0.369. The van der Waals surface area contributed by atoms with Crippen LogP contribution in [0.5, 0.6) is 0 Å². The summed E-state index contributed by atoms with van der Waals surface area (Å²) in [5.74, 6) is 0.177. The van der Waals surface area contributed by atoms with Crippen molar-refractivity contribution in [2.75, 3.05) is 6.54 Å². The van der Waals surface area contributed by atoms with E-state index < -0.39 is 11.7 Å². The molecule has 15 heavy (non-hydrogen) atoms. The van der Waals surface area contributed by atoms with Gasteiger partial charge >= 0.3 is 0 Å². The minimum absolute atomic E-state index is 0.177. The lowest BCUT2D eigenvalue weighted by atomic mass is 9.83. The molecule has 0 rings (SSSR count). The summed E-state index contributed by atoms with van der Waals surface area (Å²) in [7, 11) is 0. The summed E-state index contributed by atoms with van der Waals surface area (Å²) in [6.45, 7) is 10.6. The zero-order chi connectivity index (χ0) is 12.1. The molecule has 0 heterocycles. The normalized spacial score (nSPS) is 18.2. The largest absolute Gasteiger partial charge is 0.392 e. The maximum atomic E-state index is 10.2. The lowest BCUT2D eigenvalue weighted by Crippen LogP contribution is -2.42. The predicted octanol–water partition coefficient (Wildman–Crippen LogP) is 1.53. The Bertz CT molecular complexity index is 171. The van der Waals surface area contributed by atoms with Crippen LogP contribution in [-0.2, 0) is 0 Å². The van der Waals surface area contributed by atoms with E-state index in [1.54, 1.807) is 0 Å². The molecule has 0 spiro atoms. The molecule has 0 aromatic carbocycles. The Morgan fingerprint density at radius 2 is 1.73 bits per heavy atom. The van der Waals surface area contributed by atoms with Gasteiger partial charge in [-0.05, 0) is 12.3 Å². The predicted molar refractivity (Wildman–Crippen MR) is 63.8 cm³/mol. The van der Waals surface area contributed by atoms with Crippen molar-refractivity contribution in [2.45, 2.75) is 65.2 Å². The molecular weight excluding hydrogens is 190 g/mol. The number of aliphatic hydroxyl groups excluding tert-OH is 1.